The monoisotopic (exact) mass is 319 g/mol. The summed E-state index contributed by atoms with van der Waals surface area (Å²) in [5.74, 6) is 0.0946. The lowest BCUT2D eigenvalue weighted by Gasteiger charge is -2.13. The summed E-state index contributed by atoms with van der Waals surface area (Å²) in [4.78, 5) is 16.2. The molecular formula is C18H29N3O2. The average molecular weight is 319 g/mol. The Bertz CT molecular complexity index is 519. The smallest absolute Gasteiger partial charge is 0.220 e. The zero-order valence-corrected chi connectivity index (χ0v) is 14.5. The molecule has 128 valence electrons. The van der Waals surface area contributed by atoms with Crippen molar-refractivity contribution < 1.29 is 9.90 Å². The van der Waals surface area contributed by atoms with Crippen molar-refractivity contribution in [2.75, 3.05) is 40.8 Å². The molecule has 1 saturated heterocycles. The highest BCUT2D eigenvalue weighted by Gasteiger charge is 2.30. The van der Waals surface area contributed by atoms with Gasteiger partial charge in [0.15, 0.2) is 0 Å². The van der Waals surface area contributed by atoms with Gasteiger partial charge in [0.1, 0.15) is 0 Å². The molecule has 1 aromatic carbocycles. The van der Waals surface area contributed by atoms with Crippen molar-refractivity contribution in [2.24, 2.45) is 5.92 Å². The van der Waals surface area contributed by atoms with Crippen LogP contribution < -0.4 is 5.32 Å². The lowest BCUT2D eigenvalue weighted by molar-refractivity contribution is -0.122. The van der Waals surface area contributed by atoms with Crippen LogP contribution in [-0.4, -0.2) is 67.7 Å². The van der Waals surface area contributed by atoms with E-state index >= 15 is 0 Å². The van der Waals surface area contributed by atoms with E-state index in [1.54, 1.807) is 0 Å². The Morgan fingerprint density at radius 3 is 2.74 bits per heavy atom. The predicted molar refractivity (Wildman–Crippen MR) is 92.2 cm³/mol. The van der Waals surface area contributed by atoms with Gasteiger partial charge < -0.3 is 20.2 Å². The van der Waals surface area contributed by atoms with Crippen molar-refractivity contribution in [1.29, 1.82) is 0 Å². The van der Waals surface area contributed by atoms with Crippen LogP contribution in [0.1, 0.15) is 17.5 Å². The van der Waals surface area contributed by atoms with Gasteiger partial charge in [-0.25, -0.2) is 0 Å². The Morgan fingerprint density at radius 1 is 1.35 bits per heavy atom. The van der Waals surface area contributed by atoms with E-state index in [0.717, 1.165) is 19.5 Å². The molecule has 1 amide bonds. The molecule has 0 bridgehead atoms. The van der Waals surface area contributed by atoms with Gasteiger partial charge in [-0.15, -0.1) is 0 Å². The van der Waals surface area contributed by atoms with Gasteiger partial charge >= 0.3 is 0 Å². The Hall–Kier alpha value is -1.43. The van der Waals surface area contributed by atoms with Crippen LogP contribution in [0.5, 0.6) is 0 Å². The Labute approximate surface area is 139 Å². The second-order valence-electron chi connectivity index (χ2n) is 6.91. The number of nitrogens with zero attached hydrogens (tertiary/aromatic N) is 2. The number of likely N-dealkylation sites (tertiary alicyclic amines) is 1. The summed E-state index contributed by atoms with van der Waals surface area (Å²) in [6.45, 7) is 3.02. The second kappa shape index (κ2) is 8.43. The minimum absolute atomic E-state index is 0.0359. The van der Waals surface area contributed by atoms with E-state index in [4.69, 9.17) is 0 Å². The molecule has 1 heterocycles. The van der Waals surface area contributed by atoms with Gasteiger partial charge in [0.25, 0.3) is 0 Å². The molecule has 0 saturated carbocycles. The van der Waals surface area contributed by atoms with Crippen molar-refractivity contribution in [3.63, 3.8) is 0 Å². The van der Waals surface area contributed by atoms with Gasteiger partial charge in [-0.05, 0) is 38.7 Å². The molecule has 1 aliphatic rings. The van der Waals surface area contributed by atoms with E-state index in [0.29, 0.717) is 19.5 Å². The number of likely N-dealkylation sites (N-methyl/N-ethyl adjacent to an activating group) is 1. The van der Waals surface area contributed by atoms with Crippen LogP contribution in [0.3, 0.4) is 0 Å². The molecule has 2 atom stereocenters. The van der Waals surface area contributed by atoms with Crippen LogP contribution >= 0.6 is 0 Å². The highest BCUT2D eigenvalue weighted by molar-refractivity contribution is 5.76. The third-order valence-electron chi connectivity index (χ3n) is 4.26. The number of benzene rings is 1. The first-order valence-corrected chi connectivity index (χ1v) is 8.30. The fraction of sp³-hybridized carbons (Fsp3) is 0.611. The van der Waals surface area contributed by atoms with Crippen molar-refractivity contribution in [2.45, 2.75) is 25.5 Å². The van der Waals surface area contributed by atoms with Crippen LogP contribution in [0.2, 0.25) is 0 Å². The molecule has 1 fully saturated rings. The maximum absolute atomic E-state index is 12.0. The lowest BCUT2D eigenvalue weighted by atomic mass is 10.0. The van der Waals surface area contributed by atoms with Crippen LogP contribution in [0, 0.1) is 5.92 Å². The highest BCUT2D eigenvalue weighted by Crippen LogP contribution is 2.18. The first-order chi connectivity index (χ1) is 10.9. The van der Waals surface area contributed by atoms with Crippen LogP contribution in [0.4, 0.5) is 0 Å². The molecule has 0 aliphatic carbocycles. The van der Waals surface area contributed by atoms with E-state index in [1.165, 1.54) is 11.1 Å². The molecule has 23 heavy (non-hydrogen) atoms. The van der Waals surface area contributed by atoms with Gasteiger partial charge in [-0.2, -0.15) is 0 Å². The lowest BCUT2D eigenvalue weighted by Crippen LogP contribution is -2.30. The Balaban J connectivity index is 1.73. The number of hydrogen-bond acceptors (Lipinski definition) is 4. The van der Waals surface area contributed by atoms with E-state index in [-0.39, 0.29) is 17.9 Å². The van der Waals surface area contributed by atoms with Crippen LogP contribution in [0.15, 0.2) is 24.3 Å². The minimum Gasteiger partial charge on any atom is -0.391 e. The SMILES string of the molecule is CN(C)Cc1cccc(CCNC(=O)C[C@@H]2CN(C)C[C@H]2O)c1. The number of hydrogen-bond donors (Lipinski definition) is 2. The molecule has 0 unspecified atom stereocenters. The Kier molecular flexibility index (Phi) is 6.57. The van der Waals surface area contributed by atoms with Gasteiger partial charge in [0, 0.05) is 38.5 Å². The third-order valence-corrected chi connectivity index (χ3v) is 4.26. The third kappa shape index (κ3) is 5.94. The normalized spacial score (nSPS) is 21.8. The zero-order valence-electron chi connectivity index (χ0n) is 14.5. The summed E-state index contributed by atoms with van der Waals surface area (Å²) >= 11 is 0. The van der Waals surface area contributed by atoms with E-state index in [1.807, 2.05) is 7.05 Å². The summed E-state index contributed by atoms with van der Waals surface area (Å²) in [5.41, 5.74) is 2.53. The summed E-state index contributed by atoms with van der Waals surface area (Å²) in [6, 6.07) is 8.49. The van der Waals surface area contributed by atoms with Gasteiger partial charge in [-0.3, -0.25) is 4.79 Å². The van der Waals surface area contributed by atoms with Crippen molar-refractivity contribution >= 4 is 5.91 Å². The van der Waals surface area contributed by atoms with Crippen molar-refractivity contribution in [3.8, 4) is 0 Å². The maximum atomic E-state index is 12.0. The molecule has 5 nitrogen and oxygen atoms in total. The summed E-state index contributed by atoms with van der Waals surface area (Å²) < 4.78 is 0. The second-order valence-corrected chi connectivity index (χ2v) is 6.91. The number of aliphatic hydroxyl groups is 1. The van der Waals surface area contributed by atoms with Crippen molar-refractivity contribution in [3.05, 3.63) is 35.4 Å². The maximum Gasteiger partial charge on any atom is 0.220 e. The minimum atomic E-state index is -0.381. The zero-order chi connectivity index (χ0) is 16.8. The Morgan fingerprint density at radius 2 is 2.09 bits per heavy atom. The molecule has 2 rings (SSSR count). The summed E-state index contributed by atoms with van der Waals surface area (Å²) in [6.07, 6.45) is 0.861. The molecule has 2 N–H and O–H groups in total. The predicted octanol–water partition coefficient (Wildman–Crippen LogP) is 0.720. The van der Waals surface area contributed by atoms with E-state index in [2.05, 4.69) is 53.5 Å². The number of carbonyl (C=O) groups excluding carboxylic acids is 1. The number of amides is 1. The van der Waals surface area contributed by atoms with Crippen molar-refractivity contribution in [1.82, 2.24) is 15.1 Å². The standard InChI is InChI=1S/C18H29N3O2/c1-20(2)11-15-6-4-5-14(9-15)7-8-19-18(23)10-16-12-21(3)13-17(16)22/h4-6,9,16-17,22H,7-8,10-13H2,1-3H3,(H,19,23)/t16-,17-/m1/s1. The molecule has 5 heteroatoms. The van der Waals surface area contributed by atoms with Gasteiger partial charge in [0.05, 0.1) is 6.10 Å². The number of β-amino-alcohol motifs (C(OH)–C–C–N with tert-alkyl or cyclic N) is 1. The number of rotatable bonds is 7. The average Bonchev–Trinajstić information content (AvgIpc) is 2.76. The largest absolute Gasteiger partial charge is 0.391 e. The van der Waals surface area contributed by atoms with Gasteiger partial charge in [0.2, 0.25) is 5.91 Å². The number of aliphatic hydroxyl groups excluding tert-OH is 1. The quantitative estimate of drug-likeness (QED) is 0.778. The topological polar surface area (TPSA) is 55.8 Å². The van der Waals surface area contributed by atoms with Crippen LogP contribution in [0.25, 0.3) is 0 Å². The van der Waals surface area contributed by atoms with Crippen LogP contribution in [-0.2, 0) is 17.8 Å². The highest BCUT2D eigenvalue weighted by atomic mass is 16.3. The number of carbonyl (C=O) groups is 1. The molecule has 0 aromatic heterocycles. The molecule has 0 spiro atoms. The summed E-state index contributed by atoms with van der Waals surface area (Å²) in [7, 11) is 6.09. The molecule has 1 aliphatic heterocycles. The summed E-state index contributed by atoms with van der Waals surface area (Å²) in [5, 5.41) is 12.9. The number of nitrogens with one attached hydrogen (secondary N) is 1. The molecule has 1 aromatic rings. The van der Waals surface area contributed by atoms with E-state index in [9.17, 15) is 9.90 Å². The fourth-order valence-corrected chi connectivity index (χ4v) is 3.17. The first kappa shape index (κ1) is 17.9. The first-order valence-electron chi connectivity index (χ1n) is 8.30. The fourth-order valence-electron chi connectivity index (χ4n) is 3.17. The van der Waals surface area contributed by atoms with Gasteiger partial charge in [-0.1, -0.05) is 24.3 Å². The van der Waals surface area contributed by atoms with E-state index < -0.39 is 0 Å². The molecular weight excluding hydrogens is 290 g/mol. The molecule has 0 radical (unpaired) electrons.